The molecule has 0 amide bonds. The van der Waals surface area contributed by atoms with Crippen LogP contribution in [0.5, 0.6) is 5.88 Å². The maximum Gasteiger partial charge on any atom is 0.575 e. The van der Waals surface area contributed by atoms with E-state index in [0.29, 0.717) is 0 Å². The van der Waals surface area contributed by atoms with E-state index in [9.17, 15) is 23.3 Å². The molecule has 1 aromatic heterocycles. The number of pyridine rings is 1. The van der Waals surface area contributed by atoms with Gasteiger partial charge in [0.25, 0.3) is 0 Å². The summed E-state index contributed by atoms with van der Waals surface area (Å²) in [6, 6.07) is 0.998. The molecule has 0 N–H and O–H groups in total. The van der Waals surface area contributed by atoms with E-state index in [2.05, 4.69) is 9.72 Å². The minimum absolute atomic E-state index is 0.0134. The molecule has 0 aliphatic heterocycles. The molecule has 5 nitrogen and oxygen atoms in total. The summed E-state index contributed by atoms with van der Waals surface area (Å²) in [5.41, 5.74) is 0.146. The van der Waals surface area contributed by atoms with E-state index in [4.69, 9.17) is 11.6 Å². The summed E-state index contributed by atoms with van der Waals surface area (Å²) < 4.78 is 39.6. The average molecular weight is 382 g/mol. The molecule has 0 saturated heterocycles. The molecule has 10 heteroatoms. The molecule has 0 aliphatic rings. The normalized spacial score (nSPS) is 11.4. The predicted molar refractivity (Wildman–Crippen MR) is 59.8 cm³/mol. The molecular weight excluding hydrogens is 379 g/mol. The van der Waals surface area contributed by atoms with Crippen LogP contribution in [0.15, 0.2) is 6.07 Å². The van der Waals surface area contributed by atoms with Crippen molar-refractivity contribution in [1.82, 2.24) is 4.98 Å². The smallest absolute Gasteiger partial charge is 0.366 e. The Morgan fingerprint density at radius 2 is 2.18 bits per heavy atom. The molecule has 0 aliphatic carbocycles. The van der Waals surface area contributed by atoms with Crippen molar-refractivity contribution in [3.05, 3.63) is 25.3 Å². The molecule has 1 heterocycles. The summed E-state index contributed by atoms with van der Waals surface area (Å²) in [7, 11) is 0. The Morgan fingerprint density at radius 3 is 2.59 bits per heavy atom. The Bertz CT molecular complexity index is 455. The molecule has 0 unspecified atom stereocenters. The van der Waals surface area contributed by atoms with Crippen molar-refractivity contribution in [3.63, 3.8) is 0 Å². The van der Waals surface area contributed by atoms with E-state index in [1.54, 1.807) is 0 Å². The van der Waals surface area contributed by atoms with Gasteiger partial charge in [0.1, 0.15) is 3.57 Å². The second-order valence-corrected chi connectivity index (χ2v) is 4.04. The number of alkyl halides is 4. The molecule has 0 aromatic carbocycles. The first kappa shape index (κ1) is 14.2. The number of nitrogens with zero attached hydrogens (tertiary/aromatic N) is 2. The maximum atomic E-state index is 12.0. The van der Waals surface area contributed by atoms with Gasteiger partial charge in [0.15, 0.2) is 0 Å². The molecule has 0 atom stereocenters. The van der Waals surface area contributed by atoms with Crippen molar-refractivity contribution in [2.75, 3.05) is 0 Å². The highest BCUT2D eigenvalue weighted by atomic mass is 127. The van der Waals surface area contributed by atoms with Crippen molar-refractivity contribution in [1.29, 1.82) is 0 Å². The van der Waals surface area contributed by atoms with Gasteiger partial charge in [-0.1, -0.05) is 0 Å². The fourth-order valence-electron chi connectivity index (χ4n) is 0.910. The van der Waals surface area contributed by atoms with Crippen molar-refractivity contribution in [2.45, 2.75) is 12.2 Å². The lowest BCUT2D eigenvalue weighted by Gasteiger charge is -2.08. The number of ether oxygens (including phenoxy) is 1. The zero-order valence-corrected chi connectivity index (χ0v) is 10.7. The number of hydrogen-bond donors (Lipinski definition) is 0. The van der Waals surface area contributed by atoms with E-state index < -0.39 is 23.0 Å². The minimum Gasteiger partial charge on any atom is -0.366 e. The first-order chi connectivity index (χ1) is 7.74. The SMILES string of the molecule is O=[N+]([O-])c1cc(CCl)c(I)c(OC(F)(F)F)n1. The largest absolute Gasteiger partial charge is 0.575 e. The van der Waals surface area contributed by atoms with Crippen LogP contribution in [0.4, 0.5) is 19.0 Å². The summed E-state index contributed by atoms with van der Waals surface area (Å²) >= 11 is 6.99. The van der Waals surface area contributed by atoms with E-state index >= 15 is 0 Å². The predicted octanol–water partition coefficient (Wildman–Crippen LogP) is 3.23. The molecule has 0 radical (unpaired) electrons. The van der Waals surface area contributed by atoms with Gasteiger partial charge in [-0.15, -0.1) is 24.8 Å². The van der Waals surface area contributed by atoms with Gasteiger partial charge in [-0.3, -0.25) is 0 Å². The van der Waals surface area contributed by atoms with Crippen LogP contribution in [0.25, 0.3) is 0 Å². The Hall–Kier alpha value is -0.840. The summed E-state index contributed by atoms with van der Waals surface area (Å²) in [6.07, 6.45) is -4.97. The standard InChI is InChI=1S/C7H3ClF3IN2O3/c8-2-3-1-4(14(15)16)13-6(5(3)12)17-7(9,10)11/h1H,2H2. The highest BCUT2D eigenvalue weighted by Crippen LogP contribution is 2.31. The second-order valence-electron chi connectivity index (χ2n) is 2.70. The Balaban J connectivity index is 3.28. The molecule has 17 heavy (non-hydrogen) atoms. The molecule has 0 fully saturated rings. The quantitative estimate of drug-likeness (QED) is 0.348. The third-order valence-electron chi connectivity index (χ3n) is 1.53. The Labute approximate surface area is 111 Å². The summed E-state index contributed by atoms with van der Waals surface area (Å²) in [5, 5.41) is 10.5. The van der Waals surface area contributed by atoms with Crippen molar-refractivity contribution < 1.29 is 22.8 Å². The van der Waals surface area contributed by atoms with Crippen molar-refractivity contribution in [3.8, 4) is 5.88 Å². The highest BCUT2D eigenvalue weighted by Gasteiger charge is 2.36. The first-order valence-electron chi connectivity index (χ1n) is 3.90. The van der Waals surface area contributed by atoms with Crippen LogP contribution in [0.3, 0.4) is 0 Å². The third kappa shape index (κ3) is 3.84. The monoisotopic (exact) mass is 382 g/mol. The van der Waals surface area contributed by atoms with Gasteiger partial charge in [-0.05, 0) is 33.1 Å². The lowest BCUT2D eigenvalue weighted by atomic mass is 10.3. The van der Waals surface area contributed by atoms with Gasteiger partial charge in [0.2, 0.25) is 0 Å². The van der Waals surface area contributed by atoms with Gasteiger partial charge in [0.05, 0.1) is 0 Å². The molecule has 1 rings (SSSR count). The van der Waals surface area contributed by atoms with Crippen molar-refractivity contribution in [2.24, 2.45) is 0 Å². The van der Waals surface area contributed by atoms with Crippen LogP contribution in [0.2, 0.25) is 0 Å². The Morgan fingerprint density at radius 1 is 1.59 bits per heavy atom. The van der Waals surface area contributed by atoms with Crippen molar-refractivity contribution >= 4 is 40.0 Å². The fourth-order valence-corrected chi connectivity index (χ4v) is 1.92. The molecule has 0 spiro atoms. The van der Waals surface area contributed by atoms with Crippen LogP contribution < -0.4 is 4.74 Å². The lowest BCUT2D eigenvalue weighted by molar-refractivity contribution is -0.390. The molecule has 94 valence electrons. The van der Waals surface area contributed by atoms with Crippen LogP contribution in [-0.2, 0) is 5.88 Å². The lowest BCUT2D eigenvalue weighted by Crippen LogP contribution is -2.19. The summed E-state index contributed by atoms with van der Waals surface area (Å²) in [5.74, 6) is -1.81. The van der Waals surface area contributed by atoms with E-state index in [-0.39, 0.29) is 15.0 Å². The number of nitro groups is 1. The van der Waals surface area contributed by atoms with Gasteiger partial charge in [0, 0.05) is 16.9 Å². The second kappa shape index (κ2) is 5.21. The molecular formula is C7H3ClF3IN2O3. The zero-order valence-electron chi connectivity index (χ0n) is 7.79. The molecule has 0 saturated carbocycles. The highest BCUT2D eigenvalue weighted by molar-refractivity contribution is 14.1. The van der Waals surface area contributed by atoms with Gasteiger partial charge in [-0.2, -0.15) is 0 Å². The van der Waals surface area contributed by atoms with Gasteiger partial charge in [-0.25, -0.2) is 0 Å². The summed E-state index contributed by atoms with van der Waals surface area (Å²) in [4.78, 5) is 12.7. The Kier molecular flexibility index (Phi) is 4.36. The van der Waals surface area contributed by atoms with Crippen LogP contribution in [-0.4, -0.2) is 16.3 Å². The molecule has 1 aromatic rings. The number of rotatable bonds is 3. The minimum atomic E-state index is -4.97. The average Bonchev–Trinajstić information content (AvgIpc) is 2.18. The van der Waals surface area contributed by atoms with E-state index in [1.165, 1.54) is 22.6 Å². The zero-order chi connectivity index (χ0) is 13.2. The van der Waals surface area contributed by atoms with Gasteiger partial charge < -0.3 is 14.9 Å². The fraction of sp³-hybridized carbons (Fsp3) is 0.286. The van der Waals surface area contributed by atoms with Crippen LogP contribution >= 0.6 is 34.2 Å². The maximum absolute atomic E-state index is 12.0. The van der Waals surface area contributed by atoms with Crippen LogP contribution in [0.1, 0.15) is 5.56 Å². The first-order valence-corrected chi connectivity index (χ1v) is 5.51. The van der Waals surface area contributed by atoms with Gasteiger partial charge >= 0.3 is 18.1 Å². The number of halogens is 5. The molecule has 0 bridgehead atoms. The van der Waals surface area contributed by atoms with E-state index in [0.717, 1.165) is 6.07 Å². The number of hydrogen-bond acceptors (Lipinski definition) is 4. The van der Waals surface area contributed by atoms with Crippen LogP contribution in [0, 0.1) is 13.7 Å². The number of aromatic nitrogens is 1. The topological polar surface area (TPSA) is 65.3 Å². The third-order valence-corrected chi connectivity index (χ3v) is 2.97. The summed E-state index contributed by atoms with van der Waals surface area (Å²) in [6.45, 7) is 0. The van der Waals surface area contributed by atoms with E-state index in [1.807, 2.05) is 0 Å².